The lowest BCUT2D eigenvalue weighted by atomic mass is 10.2. The standard InChI is InChI=1S/C11H17ClN2O2/c1-16-7-9(15)4-5-14-11-3-2-8(13)6-10(11)12/h2-3,6,9,14-15H,4-5,7,13H2,1H3. The summed E-state index contributed by atoms with van der Waals surface area (Å²) >= 11 is 5.98. The molecule has 90 valence electrons. The van der Waals surface area contributed by atoms with Crippen molar-refractivity contribution in [3.8, 4) is 0 Å². The Hall–Kier alpha value is -0.970. The Labute approximate surface area is 100 Å². The van der Waals surface area contributed by atoms with Crippen LogP contribution >= 0.6 is 11.6 Å². The van der Waals surface area contributed by atoms with Gasteiger partial charge in [-0.2, -0.15) is 0 Å². The first-order valence-corrected chi connectivity index (χ1v) is 5.47. The first kappa shape index (κ1) is 13.1. The van der Waals surface area contributed by atoms with Crippen molar-refractivity contribution in [3.63, 3.8) is 0 Å². The Morgan fingerprint density at radius 2 is 2.31 bits per heavy atom. The van der Waals surface area contributed by atoms with Crippen LogP contribution in [0, 0.1) is 0 Å². The molecule has 0 saturated heterocycles. The van der Waals surface area contributed by atoms with E-state index in [4.69, 9.17) is 22.1 Å². The van der Waals surface area contributed by atoms with E-state index in [0.29, 0.717) is 30.3 Å². The van der Waals surface area contributed by atoms with Gasteiger partial charge in [0.15, 0.2) is 0 Å². The molecule has 0 aromatic heterocycles. The Morgan fingerprint density at radius 3 is 2.94 bits per heavy atom. The van der Waals surface area contributed by atoms with E-state index in [2.05, 4.69) is 5.32 Å². The highest BCUT2D eigenvalue weighted by Crippen LogP contribution is 2.23. The highest BCUT2D eigenvalue weighted by molar-refractivity contribution is 6.33. The molecule has 0 saturated carbocycles. The summed E-state index contributed by atoms with van der Waals surface area (Å²) in [6, 6.07) is 5.29. The van der Waals surface area contributed by atoms with E-state index >= 15 is 0 Å². The number of anilines is 2. The van der Waals surface area contributed by atoms with E-state index in [1.165, 1.54) is 0 Å². The monoisotopic (exact) mass is 244 g/mol. The van der Waals surface area contributed by atoms with E-state index < -0.39 is 6.10 Å². The van der Waals surface area contributed by atoms with Gasteiger partial charge in [0.25, 0.3) is 0 Å². The molecule has 0 heterocycles. The molecular formula is C11H17ClN2O2. The molecule has 1 aromatic carbocycles. The number of halogens is 1. The summed E-state index contributed by atoms with van der Waals surface area (Å²) in [7, 11) is 1.56. The molecule has 0 aliphatic carbocycles. The summed E-state index contributed by atoms with van der Waals surface area (Å²) in [5, 5.41) is 13.1. The van der Waals surface area contributed by atoms with E-state index in [1.54, 1.807) is 19.2 Å². The summed E-state index contributed by atoms with van der Waals surface area (Å²) in [6.45, 7) is 0.977. The van der Waals surface area contributed by atoms with Crippen LogP contribution in [0.25, 0.3) is 0 Å². The van der Waals surface area contributed by atoms with Crippen molar-refractivity contribution in [2.45, 2.75) is 12.5 Å². The average Bonchev–Trinajstić information content (AvgIpc) is 2.22. The zero-order chi connectivity index (χ0) is 12.0. The molecule has 0 spiro atoms. The van der Waals surface area contributed by atoms with Crippen molar-refractivity contribution in [1.82, 2.24) is 0 Å². The third kappa shape index (κ3) is 4.26. The van der Waals surface area contributed by atoms with E-state index in [9.17, 15) is 5.11 Å². The molecule has 4 nitrogen and oxygen atoms in total. The summed E-state index contributed by atoms with van der Waals surface area (Å²) in [5.74, 6) is 0. The number of ether oxygens (including phenoxy) is 1. The molecule has 0 bridgehead atoms. The van der Waals surface area contributed by atoms with Gasteiger partial charge in [0, 0.05) is 19.3 Å². The van der Waals surface area contributed by atoms with Crippen LogP contribution in [0.1, 0.15) is 6.42 Å². The number of methoxy groups -OCH3 is 1. The molecule has 0 amide bonds. The lowest BCUT2D eigenvalue weighted by molar-refractivity contribution is 0.0615. The van der Waals surface area contributed by atoms with Crippen LogP contribution in [-0.2, 0) is 4.74 Å². The normalized spacial score (nSPS) is 12.4. The second-order valence-electron chi connectivity index (χ2n) is 3.56. The quantitative estimate of drug-likeness (QED) is 0.667. The maximum atomic E-state index is 9.42. The SMILES string of the molecule is COCC(O)CCNc1ccc(N)cc1Cl. The van der Waals surface area contributed by atoms with Crippen LogP contribution < -0.4 is 11.1 Å². The van der Waals surface area contributed by atoms with Crippen molar-refractivity contribution in [1.29, 1.82) is 0 Å². The number of nitrogen functional groups attached to an aromatic ring is 1. The van der Waals surface area contributed by atoms with Crippen molar-refractivity contribution in [3.05, 3.63) is 23.2 Å². The first-order chi connectivity index (χ1) is 7.63. The van der Waals surface area contributed by atoms with Gasteiger partial charge < -0.3 is 20.9 Å². The molecule has 1 rings (SSSR count). The smallest absolute Gasteiger partial charge is 0.0790 e. The lowest BCUT2D eigenvalue weighted by Crippen LogP contribution is -2.18. The van der Waals surface area contributed by atoms with Crippen LogP contribution in [0.5, 0.6) is 0 Å². The van der Waals surface area contributed by atoms with Gasteiger partial charge in [0.1, 0.15) is 0 Å². The fraction of sp³-hybridized carbons (Fsp3) is 0.455. The van der Waals surface area contributed by atoms with Gasteiger partial charge in [0.2, 0.25) is 0 Å². The molecule has 0 fully saturated rings. The van der Waals surface area contributed by atoms with Gasteiger partial charge in [-0.15, -0.1) is 0 Å². The minimum absolute atomic E-state index is 0.344. The molecule has 0 aliphatic heterocycles. The van der Waals surface area contributed by atoms with Crippen molar-refractivity contribution < 1.29 is 9.84 Å². The van der Waals surface area contributed by atoms with Gasteiger partial charge in [-0.1, -0.05) is 11.6 Å². The largest absolute Gasteiger partial charge is 0.399 e. The average molecular weight is 245 g/mol. The Kier molecular flexibility index (Phi) is 5.38. The number of nitrogens with one attached hydrogen (secondary N) is 1. The summed E-state index contributed by atoms with van der Waals surface area (Å²) in [6.07, 6.45) is 0.152. The Morgan fingerprint density at radius 1 is 1.56 bits per heavy atom. The van der Waals surface area contributed by atoms with E-state index in [0.717, 1.165) is 5.69 Å². The summed E-state index contributed by atoms with van der Waals surface area (Å²) < 4.78 is 4.83. The second kappa shape index (κ2) is 6.58. The minimum atomic E-state index is -0.454. The van der Waals surface area contributed by atoms with Gasteiger partial charge >= 0.3 is 0 Å². The number of rotatable bonds is 6. The van der Waals surface area contributed by atoms with Crippen LogP contribution in [0.15, 0.2) is 18.2 Å². The Bertz CT molecular complexity index is 334. The van der Waals surface area contributed by atoms with Gasteiger partial charge in [-0.05, 0) is 24.6 Å². The molecule has 0 radical (unpaired) electrons. The number of hydrogen-bond donors (Lipinski definition) is 3. The van der Waals surface area contributed by atoms with Crippen molar-refractivity contribution in [2.75, 3.05) is 31.3 Å². The number of hydrogen-bond acceptors (Lipinski definition) is 4. The van der Waals surface area contributed by atoms with Crippen LogP contribution in [-0.4, -0.2) is 31.5 Å². The topological polar surface area (TPSA) is 67.5 Å². The fourth-order valence-corrected chi connectivity index (χ4v) is 1.58. The minimum Gasteiger partial charge on any atom is -0.399 e. The summed E-state index contributed by atoms with van der Waals surface area (Å²) in [4.78, 5) is 0. The Balaban J connectivity index is 2.37. The van der Waals surface area contributed by atoms with Crippen molar-refractivity contribution >= 4 is 23.0 Å². The molecule has 0 aliphatic rings. The van der Waals surface area contributed by atoms with Gasteiger partial charge in [0.05, 0.1) is 23.4 Å². The highest BCUT2D eigenvalue weighted by atomic mass is 35.5. The summed E-state index contributed by atoms with van der Waals surface area (Å²) in [5.41, 5.74) is 7.03. The van der Waals surface area contributed by atoms with E-state index in [-0.39, 0.29) is 0 Å². The van der Waals surface area contributed by atoms with E-state index in [1.807, 2.05) is 6.07 Å². The second-order valence-corrected chi connectivity index (χ2v) is 3.97. The lowest BCUT2D eigenvalue weighted by Gasteiger charge is -2.12. The molecule has 16 heavy (non-hydrogen) atoms. The highest BCUT2D eigenvalue weighted by Gasteiger charge is 2.04. The predicted molar refractivity (Wildman–Crippen MR) is 66.9 cm³/mol. The third-order valence-electron chi connectivity index (χ3n) is 2.15. The van der Waals surface area contributed by atoms with Crippen LogP contribution in [0.4, 0.5) is 11.4 Å². The number of benzene rings is 1. The number of aliphatic hydroxyl groups excluding tert-OH is 1. The fourth-order valence-electron chi connectivity index (χ4n) is 1.32. The molecular weight excluding hydrogens is 228 g/mol. The maximum Gasteiger partial charge on any atom is 0.0790 e. The zero-order valence-corrected chi connectivity index (χ0v) is 10.00. The first-order valence-electron chi connectivity index (χ1n) is 5.09. The van der Waals surface area contributed by atoms with Crippen LogP contribution in [0.2, 0.25) is 5.02 Å². The van der Waals surface area contributed by atoms with Crippen molar-refractivity contribution in [2.24, 2.45) is 0 Å². The molecule has 4 N–H and O–H groups in total. The number of aliphatic hydroxyl groups is 1. The predicted octanol–water partition coefficient (Wildman–Crippen LogP) is 1.73. The third-order valence-corrected chi connectivity index (χ3v) is 2.46. The molecule has 1 aromatic rings. The van der Waals surface area contributed by atoms with Gasteiger partial charge in [-0.3, -0.25) is 0 Å². The number of nitrogens with two attached hydrogens (primary N) is 1. The zero-order valence-electron chi connectivity index (χ0n) is 9.24. The molecule has 5 heteroatoms. The maximum absolute atomic E-state index is 9.42. The van der Waals surface area contributed by atoms with Crippen LogP contribution in [0.3, 0.4) is 0 Å². The molecule has 1 unspecified atom stereocenters. The van der Waals surface area contributed by atoms with Gasteiger partial charge in [-0.25, -0.2) is 0 Å². The molecule has 1 atom stereocenters.